The van der Waals surface area contributed by atoms with E-state index in [1.807, 2.05) is 12.1 Å². The smallest absolute Gasteiger partial charge is 0.257 e. The van der Waals surface area contributed by atoms with Gasteiger partial charge in [0.05, 0.1) is 12.0 Å². The molecule has 2 aromatic heterocycles. The number of aryl methyl sites for hydroxylation is 1. The van der Waals surface area contributed by atoms with Gasteiger partial charge in [-0.2, -0.15) is 0 Å². The topological polar surface area (TPSA) is 94.3 Å². The zero-order valence-corrected chi connectivity index (χ0v) is 14.6. The molecule has 0 spiro atoms. The van der Waals surface area contributed by atoms with Crippen LogP contribution in [-0.4, -0.2) is 25.7 Å². The van der Waals surface area contributed by atoms with Crippen LogP contribution in [-0.2, 0) is 16.6 Å². The molecule has 0 radical (unpaired) electrons. The zero-order chi connectivity index (χ0) is 17.2. The Morgan fingerprint density at radius 1 is 1.25 bits per heavy atom. The Labute approximate surface area is 143 Å². The van der Waals surface area contributed by atoms with Gasteiger partial charge in [0.2, 0.25) is 15.9 Å². The molecule has 1 aromatic carbocycles. The Balaban J connectivity index is 1.74. The Morgan fingerprint density at radius 2 is 2.08 bits per heavy atom. The zero-order valence-electron chi connectivity index (χ0n) is 13.0. The van der Waals surface area contributed by atoms with Crippen molar-refractivity contribution in [1.29, 1.82) is 0 Å². The second-order valence-corrected chi connectivity index (χ2v) is 8.00. The normalized spacial score (nSPS) is 11.6. The van der Waals surface area contributed by atoms with Crippen LogP contribution >= 0.6 is 11.3 Å². The molecule has 9 heteroatoms. The van der Waals surface area contributed by atoms with E-state index in [2.05, 4.69) is 14.9 Å². The third-order valence-corrected chi connectivity index (χ3v) is 6.15. The van der Waals surface area contributed by atoms with Crippen molar-refractivity contribution in [3.05, 3.63) is 47.9 Å². The van der Waals surface area contributed by atoms with Gasteiger partial charge >= 0.3 is 0 Å². The number of hydrogen-bond donors (Lipinski definition) is 1. The quantitative estimate of drug-likeness (QED) is 0.721. The van der Waals surface area contributed by atoms with Crippen LogP contribution < -0.4 is 9.46 Å². The van der Waals surface area contributed by atoms with Crippen molar-refractivity contribution in [3.63, 3.8) is 0 Å². The largest absolute Gasteiger partial charge is 0.497 e. The van der Waals surface area contributed by atoms with Gasteiger partial charge in [0, 0.05) is 13.5 Å². The third-order valence-electron chi connectivity index (χ3n) is 3.18. The predicted molar refractivity (Wildman–Crippen MR) is 89.4 cm³/mol. The number of thiophene rings is 1. The molecule has 0 saturated heterocycles. The van der Waals surface area contributed by atoms with E-state index in [1.165, 1.54) is 6.07 Å². The molecule has 0 unspecified atom stereocenters. The van der Waals surface area contributed by atoms with Crippen molar-refractivity contribution in [3.8, 4) is 16.5 Å². The number of ether oxygens (including phenoxy) is 1. The van der Waals surface area contributed by atoms with Gasteiger partial charge in [-0.15, -0.1) is 21.5 Å². The van der Waals surface area contributed by atoms with E-state index in [0.717, 1.165) is 16.9 Å². The maximum Gasteiger partial charge on any atom is 0.257 e. The van der Waals surface area contributed by atoms with Crippen LogP contribution in [0.25, 0.3) is 10.8 Å². The molecular weight excluding hydrogens is 350 g/mol. The number of benzene rings is 1. The maximum atomic E-state index is 12.4. The van der Waals surface area contributed by atoms with Crippen molar-refractivity contribution < 1.29 is 17.6 Å². The van der Waals surface area contributed by atoms with E-state index < -0.39 is 10.0 Å². The summed E-state index contributed by atoms with van der Waals surface area (Å²) in [6, 6.07) is 10.4. The Morgan fingerprint density at radius 3 is 2.79 bits per heavy atom. The van der Waals surface area contributed by atoms with Crippen LogP contribution in [0.3, 0.4) is 0 Å². The summed E-state index contributed by atoms with van der Waals surface area (Å²) >= 11 is 1.08. The fourth-order valence-corrected chi connectivity index (χ4v) is 4.30. The molecule has 0 amide bonds. The lowest BCUT2D eigenvalue weighted by Crippen LogP contribution is -2.22. The molecule has 3 rings (SSSR count). The van der Waals surface area contributed by atoms with Gasteiger partial charge in [-0.3, -0.25) is 0 Å². The fraction of sp³-hybridized carbons (Fsp3) is 0.200. The van der Waals surface area contributed by atoms with E-state index in [0.29, 0.717) is 22.4 Å². The highest BCUT2D eigenvalue weighted by atomic mass is 32.2. The van der Waals surface area contributed by atoms with Crippen LogP contribution in [0.4, 0.5) is 0 Å². The number of hydrogen-bond acceptors (Lipinski definition) is 7. The minimum absolute atomic E-state index is 0.173. The number of methoxy groups -OCH3 is 1. The van der Waals surface area contributed by atoms with Gasteiger partial charge in [0.25, 0.3) is 5.89 Å². The Hall–Kier alpha value is -2.23. The van der Waals surface area contributed by atoms with Gasteiger partial charge in [-0.05, 0) is 29.8 Å². The Kier molecular flexibility index (Phi) is 4.65. The number of nitrogens with zero attached hydrogens (tertiary/aromatic N) is 2. The first-order valence-electron chi connectivity index (χ1n) is 7.01. The van der Waals surface area contributed by atoms with Gasteiger partial charge in [-0.25, -0.2) is 13.1 Å². The number of sulfonamides is 1. The van der Waals surface area contributed by atoms with Gasteiger partial charge in [-0.1, -0.05) is 12.1 Å². The van der Waals surface area contributed by atoms with Crippen molar-refractivity contribution in [1.82, 2.24) is 14.9 Å². The van der Waals surface area contributed by atoms with Crippen molar-refractivity contribution in [2.75, 3.05) is 7.11 Å². The summed E-state index contributed by atoms with van der Waals surface area (Å²) in [5.41, 5.74) is 0.808. The standard InChI is InChI=1S/C15H15N3O4S2/c1-10-17-18-15(22-10)13-6-7-14(23-13)24(19,20)16-9-11-4-3-5-12(8-11)21-2/h3-8,16H,9H2,1-2H3. The summed E-state index contributed by atoms with van der Waals surface area (Å²) in [6.07, 6.45) is 0. The van der Waals surface area contributed by atoms with Crippen LogP contribution in [0.15, 0.2) is 45.0 Å². The van der Waals surface area contributed by atoms with Gasteiger partial charge < -0.3 is 9.15 Å². The number of rotatable bonds is 6. The van der Waals surface area contributed by atoms with E-state index >= 15 is 0 Å². The molecule has 24 heavy (non-hydrogen) atoms. The summed E-state index contributed by atoms with van der Waals surface area (Å²) < 4.78 is 38.0. The van der Waals surface area contributed by atoms with Crippen molar-refractivity contribution >= 4 is 21.4 Å². The lowest BCUT2D eigenvalue weighted by Gasteiger charge is -2.06. The molecule has 0 aliphatic rings. The summed E-state index contributed by atoms with van der Waals surface area (Å²) in [5.74, 6) is 1.42. The SMILES string of the molecule is COc1cccc(CNS(=O)(=O)c2ccc(-c3nnc(C)o3)s2)c1. The molecule has 7 nitrogen and oxygen atoms in total. The minimum atomic E-state index is -3.62. The molecule has 3 aromatic rings. The van der Waals surface area contributed by atoms with Gasteiger partial charge in [0.1, 0.15) is 9.96 Å². The second-order valence-electron chi connectivity index (χ2n) is 4.92. The number of aromatic nitrogens is 2. The summed E-state index contributed by atoms with van der Waals surface area (Å²) in [4.78, 5) is 0.609. The molecule has 0 atom stereocenters. The summed E-state index contributed by atoms with van der Waals surface area (Å²) in [7, 11) is -2.06. The lowest BCUT2D eigenvalue weighted by atomic mass is 10.2. The molecule has 1 N–H and O–H groups in total. The van der Waals surface area contributed by atoms with E-state index in [9.17, 15) is 8.42 Å². The monoisotopic (exact) mass is 365 g/mol. The molecule has 0 saturated carbocycles. The number of nitrogens with one attached hydrogen (secondary N) is 1. The molecule has 0 aliphatic carbocycles. The summed E-state index contributed by atoms with van der Waals surface area (Å²) in [6.45, 7) is 1.85. The van der Waals surface area contributed by atoms with Gasteiger partial charge in [0.15, 0.2) is 0 Å². The van der Waals surface area contributed by atoms with Crippen LogP contribution in [0.1, 0.15) is 11.5 Å². The fourth-order valence-electron chi connectivity index (χ4n) is 2.01. The maximum absolute atomic E-state index is 12.4. The predicted octanol–water partition coefficient (Wildman–Crippen LogP) is 2.59. The molecule has 0 aliphatic heterocycles. The second kappa shape index (κ2) is 6.71. The Bertz CT molecular complexity index is 947. The molecule has 0 fully saturated rings. The minimum Gasteiger partial charge on any atom is -0.497 e. The first kappa shape index (κ1) is 16.6. The molecular formula is C15H15N3O4S2. The average molecular weight is 365 g/mol. The first-order valence-corrected chi connectivity index (χ1v) is 9.31. The molecule has 126 valence electrons. The van der Waals surface area contributed by atoms with Crippen LogP contribution in [0.2, 0.25) is 0 Å². The van der Waals surface area contributed by atoms with E-state index in [4.69, 9.17) is 9.15 Å². The highest BCUT2D eigenvalue weighted by Crippen LogP contribution is 2.29. The highest BCUT2D eigenvalue weighted by Gasteiger charge is 2.19. The molecule has 2 heterocycles. The highest BCUT2D eigenvalue weighted by molar-refractivity contribution is 7.91. The molecule has 0 bridgehead atoms. The van der Waals surface area contributed by atoms with Crippen molar-refractivity contribution in [2.24, 2.45) is 0 Å². The van der Waals surface area contributed by atoms with Crippen LogP contribution in [0, 0.1) is 6.92 Å². The lowest BCUT2D eigenvalue weighted by molar-refractivity contribution is 0.414. The van der Waals surface area contributed by atoms with Crippen molar-refractivity contribution in [2.45, 2.75) is 17.7 Å². The van der Waals surface area contributed by atoms with Crippen LogP contribution in [0.5, 0.6) is 5.75 Å². The van der Waals surface area contributed by atoms with E-state index in [1.54, 1.807) is 32.2 Å². The van der Waals surface area contributed by atoms with E-state index in [-0.39, 0.29) is 10.8 Å². The summed E-state index contributed by atoms with van der Waals surface area (Å²) in [5, 5.41) is 7.63. The first-order chi connectivity index (χ1) is 11.5. The third kappa shape index (κ3) is 3.64. The average Bonchev–Trinajstić information content (AvgIpc) is 3.22.